The Labute approximate surface area is 99.8 Å². The van der Waals surface area contributed by atoms with E-state index in [4.69, 9.17) is 10.2 Å². The van der Waals surface area contributed by atoms with Crippen molar-refractivity contribution in [2.24, 2.45) is 0 Å². The van der Waals surface area contributed by atoms with E-state index < -0.39 is 11.2 Å². The van der Waals surface area contributed by atoms with Crippen molar-refractivity contribution in [3.05, 3.63) is 11.6 Å². The lowest BCUT2D eigenvalue weighted by atomic mass is 9.90. The maximum absolute atomic E-state index is 9.10. The molecule has 0 spiro atoms. The van der Waals surface area contributed by atoms with Gasteiger partial charge in [-0.25, -0.2) is 0 Å². The van der Waals surface area contributed by atoms with Crippen LogP contribution in [0.4, 0.5) is 0 Å². The Balaban J connectivity index is 0.000000281. The lowest BCUT2D eigenvalue weighted by Crippen LogP contribution is -2.44. The van der Waals surface area contributed by atoms with Gasteiger partial charge in [0, 0.05) is 13.1 Å². The van der Waals surface area contributed by atoms with Crippen LogP contribution in [0.1, 0.15) is 41.0 Å². The van der Waals surface area contributed by atoms with Gasteiger partial charge in [0.05, 0.1) is 11.2 Å². The van der Waals surface area contributed by atoms with E-state index in [1.54, 1.807) is 33.3 Å². The molecule has 1 rings (SSSR count). The normalized spacial score (nSPS) is 18.6. The van der Waals surface area contributed by atoms with Crippen LogP contribution >= 0.6 is 0 Å². The highest BCUT2D eigenvalue weighted by Crippen LogP contribution is 2.19. The molecule has 0 aliphatic carbocycles. The van der Waals surface area contributed by atoms with Crippen LogP contribution in [-0.4, -0.2) is 46.5 Å². The van der Waals surface area contributed by atoms with E-state index in [0.29, 0.717) is 0 Å². The van der Waals surface area contributed by atoms with Gasteiger partial charge in [-0.3, -0.25) is 0 Å². The first-order chi connectivity index (χ1) is 7.04. The quantitative estimate of drug-likeness (QED) is 0.674. The van der Waals surface area contributed by atoms with Gasteiger partial charge in [-0.05, 0) is 48.1 Å². The topological polar surface area (TPSA) is 43.7 Å². The molecule has 0 aromatic heterocycles. The molecule has 0 fully saturated rings. The number of hydrogen-bond donors (Lipinski definition) is 2. The molecule has 3 heteroatoms. The van der Waals surface area contributed by atoms with Crippen molar-refractivity contribution < 1.29 is 10.2 Å². The number of likely N-dealkylation sites (N-methyl/N-ethyl adjacent to an activating group) is 1. The SMILES string of the molecule is CC(C)(O)C(C)(C)O.CC1=CCN(C)CC1. The summed E-state index contributed by atoms with van der Waals surface area (Å²) in [6.45, 7) is 10.9. The van der Waals surface area contributed by atoms with Crippen molar-refractivity contribution in [3.63, 3.8) is 0 Å². The van der Waals surface area contributed by atoms with E-state index in [-0.39, 0.29) is 0 Å². The summed E-state index contributed by atoms with van der Waals surface area (Å²) in [6, 6.07) is 0. The number of aliphatic hydroxyl groups is 2. The molecular weight excluding hydrogens is 202 g/mol. The van der Waals surface area contributed by atoms with Crippen LogP contribution in [0.15, 0.2) is 11.6 Å². The molecule has 0 aromatic rings. The second-order valence-corrected chi connectivity index (χ2v) is 5.68. The van der Waals surface area contributed by atoms with Crippen LogP contribution in [0.3, 0.4) is 0 Å². The van der Waals surface area contributed by atoms with Crippen molar-refractivity contribution >= 4 is 0 Å². The molecule has 1 heterocycles. The Morgan fingerprint density at radius 1 is 1.12 bits per heavy atom. The Morgan fingerprint density at radius 3 is 1.75 bits per heavy atom. The molecule has 96 valence electrons. The van der Waals surface area contributed by atoms with E-state index in [9.17, 15) is 0 Å². The molecule has 3 nitrogen and oxygen atoms in total. The monoisotopic (exact) mass is 229 g/mol. The van der Waals surface area contributed by atoms with Crippen molar-refractivity contribution in [3.8, 4) is 0 Å². The first-order valence-corrected chi connectivity index (χ1v) is 5.83. The van der Waals surface area contributed by atoms with Crippen molar-refractivity contribution in [2.75, 3.05) is 20.1 Å². The Morgan fingerprint density at radius 2 is 1.56 bits per heavy atom. The lowest BCUT2D eigenvalue weighted by molar-refractivity contribution is -0.107. The van der Waals surface area contributed by atoms with Crippen molar-refractivity contribution in [2.45, 2.75) is 52.2 Å². The second-order valence-electron chi connectivity index (χ2n) is 5.68. The number of nitrogens with zero attached hydrogens (tertiary/aromatic N) is 1. The summed E-state index contributed by atoms with van der Waals surface area (Å²) < 4.78 is 0. The van der Waals surface area contributed by atoms with Crippen molar-refractivity contribution in [1.82, 2.24) is 4.90 Å². The van der Waals surface area contributed by atoms with Crippen LogP contribution in [0.2, 0.25) is 0 Å². The molecule has 2 N–H and O–H groups in total. The molecule has 0 radical (unpaired) electrons. The zero-order valence-corrected chi connectivity index (χ0v) is 11.5. The van der Waals surface area contributed by atoms with Crippen molar-refractivity contribution in [1.29, 1.82) is 0 Å². The Bertz CT molecular complexity index is 221. The van der Waals surface area contributed by atoms with Gasteiger partial charge in [-0.15, -0.1) is 0 Å². The Kier molecular flexibility index (Phi) is 5.66. The van der Waals surface area contributed by atoms with Gasteiger partial charge in [0.25, 0.3) is 0 Å². The third kappa shape index (κ3) is 6.26. The fourth-order valence-corrected chi connectivity index (χ4v) is 0.872. The zero-order chi connectivity index (χ0) is 13.0. The maximum atomic E-state index is 9.10. The minimum absolute atomic E-state index is 1.01. The standard InChI is InChI=1S/C7H13N.C6H14O2/c1-7-3-5-8(2)6-4-7;1-5(2,7)6(3,4)8/h3H,4-6H2,1-2H3;7-8H,1-4H3. The molecule has 0 bridgehead atoms. The van der Waals surface area contributed by atoms with Gasteiger partial charge in [0.1, 0.15) is 0 Å². The third-order valence-corrected chi connectivity index (χ3v) is 3.14. The molecule has 0 unspecified atom stereocenters. The van der Waals surface area contributed by atoms with Gasteiger partial charge < -0.3 is 15.1 Å². The van der Waals surface area contributed by atoms with Gasteiger partial charge in [-0.2, -0.15) is 0 Å². The highest BCUT2D eigenvalue weighted by atomic mass is 16.3. The second kappa shape index (κ2) is 5.80. The zero-order valence-electron chi connectivity index (χ0n) is 11.5. The van der Waals surface area contributed by atoms with Gasteiger partial charge in [0.2, 0.25) is 0 Å². The summed E-state index contributed by atoms with van der Waals surface area (Å²) in [5.41, 5.74) is -0.469. The van der Waals surface area contributed by atoms with Gasteiger partial charge in [0.15, 0.2) is 0 Å². The summed E-state index contributed by atoms with van der Waals surface area (Å²) in [5, 5.41) is 18.2. The summed E-state index contributed by atoms with van der Waals surface area (Å²) in [5.74, 6) is 0. The smallest absolute Gasteiger partial charge is 0.0872 e. The third-order valence-electron chi connectivity index (χ3n) is 3.14. The lowest BCUT2D eigenvalue weighted by Gasteiger charge is -2.31. The first kappa shape index (κ1) is 15.6. The van der Waals surface area contributed by atoms with Crippen LogP contribution in [0, 0.1) is 0 Å². The average molecular weight is 229 g/mol. The van der Waals surface area contributed by atoms with Crippen LogP contribution in [0.5, 0.6) is 0 Å². The average Bonchev–Trinajstić information content (AvgIpc) is 2.08. The molecule has 1 aliphatic rings. The summed E-state index contributed by atoms with van der Waals surface area (Å²) in [7, 11) is 2.16. The minimum atomic E-state index is -1.01. The molecule has 0 aromatic carbocycles. The summed E-state index contributed by atoms with van der Waals surface area (Å²) in [6.07, 6.45) is 3.56. The number of hydrogen-bond acceptors (Lipinski definition) is 3. The van der Waals surface area contributed by atoms with E-state index in [1.165, 1.54) is 13.0 Å². The first-order valence-electron chi connectivity index (χ1n) is 5.83. The Hall–Kier alpha value is -0.380. The van der Waals surface area contributed by atoms with Gasteiger partial charge >= 0.3 is 0 Å². The maximum Gasteiger partial charge on any atom is 0.0872 e. The molecule has 1 aliphatic heterocycles. The van der Waals surface area contributed by atoms with E-state index in [2.05, 4.69) is 24.9 Å². The molecule has 0 saturated carbocycles. The van der Waals surface area contributed by atoms with Gasteiger partial charge in [-0.1, -0.05) is 11.6 Å². The van der Waals surface area contributed by atoms with E-state index in [1.807, 2.05) is 0 Å². The molecule has 0 amide bonds. The highest BCUT2D eigenvalue weighted by Gasteiger charge is 2.31. The molecule has 0 atom stereocenters. The van der Waals surface area contributed by atoms with E-state index >= 15 is 0 Å². The summed E-state index contributed by atoms with van der Waals surface area (Å²) >= 11 is 0. The largest absolute Gasteiger partial charge is 0.387 e. The fraction of sp³-hybridized carbons (Fsp3) is 0.846. The number of rotatable bonds is 1. The summed E-state index contributed by atoms with van der Waals surface area (Å²) in [4.78, 5) is 2.33. The highest BCUT2D eigenvalue weighted by molar-refractivity contribution is 5.02. The van der Waals surface area contributed by atoms with E-state index in [0.717, 1.165) is 6.54 Å². The minimum Gasteiger partial charge on any atom is -0.387 e. The predicted molar refractivity (Wildman–Crippen MR) is 68.5 cm³/mol. The molecule has 16 heavy (non-hydrogen) atoms. The van der Waals surface area contributed by atoms with Crippen LogP contribution < -0.4 is 0 Å². The fourth-order valence-electron chi connectivity index (χ4n) is 0.872. The molecular formula is C13H27NO2. The van der Waals surface area contributed by atoms with Crippen LogP contribution in [-0.2, 0) is 0 Å². The predicted octanol–water partition coefficient (Wildman–Crippen LogP) is 1.80. The molecule has 0 saturated heterocycles. The van der Waals surface area contributed by atoms with Crippen LogP contribution in [0.25, 0.3) is 0 Å².